The van der Waals surface area contributed by atoms with Gasteiger partial charge in [-0.25, -0.2) is 0 Å². The van der Waals surface area contributed by atoms with Crippen LogP contribution in [0.25, 0.3) is 5.57 Å². The zero-order chi connectivity index (χ0) is 22.8. The van der Waals surface area contributed by atoms with Gasteiger partial charge in [0.15, 0.2) is 0 Å². The predicted molar refractivity (Wildman–Crippen MR) is 104 cm³/mol. The molecule has 8 nitrogen and oxygen atoms in total. The lowest BCUT2D eigenvalue weighted by Gasteiger charge is -2.13. The standard InChI is InChI=1S/C20H14F3N3O5/c1-2-10-25-18(27)16(12-6-8-14(9-7-12)26(29)30)17(19(25)28)24-13-4-3-5-15(11-13)31-20(21,22)23/h2-9,11,24H,1,10H2. The summed E-state index contributed by atoms with van der Waals surface area (Å²) in [5, 5.41) is 13.5. The average Bonchev–Trinajstić information content (AvgIpc) is 2.92. The Hall–Kier alpha value is -4.15. The molecule has 1 heterocycles. The predicted octanol–water partition coefficient (Wildman–Crippen LogP) is 3.87. The van der Waals surface area contributed by atoms with Gasteiger partial charge in [-0.3, -0.25) is 24.6 Å². The minimum Gasteiger partial charge on any atom is -0.406 e. The summed E-state index contributed by atoms with van der Waals surface area (Å²) in [6.45, 7) is 3.39. The number of ether oxygens (including phenoxy) is 1. The summed E-state index contributed by atoms with van der Waals surface area (Å²) >= 11 is 0. The lowest BCUT2D eigenvalue weighted by atomic mass is 10.0. The molecule has 2 aromatic carbocycles. The lowest BCUT2D eigenvalue weighted by Crippen LogP contribution is -2.32. The number of anilines is 1. The van der Waals surface area contributed by atoms with Crippen molar-refractivity contribution in [3.05, 3.63) is 82.6 Å². The third-order valence-electron chi connectivity index (χ3n) is 4.18. The topological polar surface area (TPSA) is 102 Å². The van der Waals surface area contributed by atoms with Crippen LogP contribution in [0, 0.1) is 10.1 Å². The second-order valence-corrected chi connectivity index (χ2v) is 6.26. The Labute approximate surface area is 173 Å². The molecular weight excluding hydrogens is 419 g/mol. The Bertz CT molecular complexity index is 1090. The molecule has 3 rings (SSSR count). The van der Waals surface area contributed by atoms with E-state index >= 15 is 0 Å². The summed E-state index contributed by atoms with van der Waals surface area (Å²) in [5.74, 6) is -1.92. The van der Waals surface area contributed by atoms with Crippen LogP contribution in [-0.2, 0) is 9.59 Å². The van der Waals surface area contributed by atoms with Crippen molar-refractivity contribution in [1.29, 1.82) is 0 Å². The van der Waals surface area contributed by atoms with E-state index in [1.54, 1.807) is 0 Å². The third kappa shape index (κ3) is 4.71. The fourth-order valence-corrected chi connectivity index (χ4v) is 2.92. The first-order valence-corrected chi connectivity index (χ1v) is 8.69. The van der Waals surface area contributed by atoms with Gasteiger partial charge in [-0.2, -0.15) is 0 Å². The van der Waals surface area contributed by atoms with E-state index in [4.69, 9.17) is 0 Å². The number of alkyl halides is 3. The Balaban J connectivity index is 2.03. The second kappa shape index (κ2) is 8.30. The van der Waals surface area contributed by atoms with Gasteiger partial charge in [0, 0.05) is 30.4 Å². The molecule has 0 unspecified atom stereocenters. The summed E-state index contributed by atoms with van der Waals surface area (Å²) < 4.78 is 41.3. The Morgan fingerprint density at radius 2 is 1.81 bits per heavy atom. The monoisotopic (exact) mass is 433 g/mol. The molecule has 160 valence electrons. The first-order chi connectivity index (χ1) is 14.6. The first kappa shape index (κ1) is 21.6. The Morgan fingerprint density at radius 3 is 2.39 bits per heavy atom. The molecule has 1 aliphatic rings. The van der Waals surface area contributed by atoms with Gasteiger partial charge < -0.3 is 10.1 Å². The Morgan fingerprint density at radius 1 is 1.13 bits per heavy atom. The van der Waals surface area contributed by atoms with Gasteiger partial charge in [-0.15, -0.1) is 19.8 Å². The Kier molecular flexibility index (Phi) is 5.77. The summed E-state index contributed by atoms with van der Waals surface area (Å²) in [4.78, 5) is 36.8. The number of rotatable bonds is 7. The molecule has 0 saturated carbocycles. The van der Waals surface area contributed by atoms with Crippen molar-refractivity contribution in [3.63, 3.8) is 0 Å². The maximum absolute atomic E-state index is 12.8. The van der Waals surface area contributed by atoms with Crippen molar-refractivity contribution >= 4 is 28.8 Å². The summed E-state index contributed by atoms with van der Waals surface area (Å²) in [6.07, 6.45) is -3.56. The molecule has 0 spiro atoms. The van der Waals surface area contributed by atoms with E-state index in [1.165, 1.54) is 42.5 Å². The third-order valence-corrected chi connectivity index (χ3v) is 4.18. The number of hydrogen-bond acceptors (Lipinski definition) is 6. The van der Waals surface area contributed by atoms with Gasteiger partial charge in [-0.05, 0) is 29.8 Å². The fraction of sp³-hybridized carbons (Fsp3) is 0.100. The van der Waals surface area contributed by atoms with Crippen LogP contribution in [0.5, 0.6) is 5.75 Å². The minimum absolute atomic E-state index is 0.0674. The molecule has 2 amide bonds. The zero-order valence-electron chi connectivity index (χ0n) is 15.7. The van der Waals surface area contributed by atoms with Gasteiger partial charge >= 0.3 is 6.36 Å². The van der Waals surface area contributed by atoms with Crippen LogP contribution in [0.3, 0.4) is 0 Å². The molecule has 1 N–H and O–H groups in total. The molecule has 0 bridgehead atoms. The van der Waals surface area contributed by atoms with Crippen molar-refractivity contribution in [2.24, 2.45) is 0 Å². The minimum atomic E-state index is -4.90. The molecule has 1 aliphatic heterocycles. The molecule has 0 fully saturated rings. The van der Waals surface area contributed by atoms with E-state index in [1.807, 2.05) is 0 Å². The highest BCUT2D eigenvalue weighted by molar-refractivity contribution is 6.36. The van der Waals surface area contributed by atoms with Gasteiger partial charge in [0.25, 0.3) is 17.5 Å². The fourth-order valence-electron chi connectivity index (χ4n) is 2.92. The number of nitrogens with zero attached hydrogens (tertiary/aromatic N) is 2. The second-order valence-electron chi connectivity index (χ2n) is 6.26. The number of carbonyl (C=O) groups excluding carboxylic acids is 2. The van der Waals surface area contributed by atoms with Gasteiger partial charge in [0.2, 0.25) is 0 Å². The number of benzene rings is 2. The van der Waals surface area contributed by atoms with E-state index in [2.05, 4.69) is 16.6 Å². The smallest absolute Gasteiger partial charge is 0.406 e. The molecule has 0 aliphatic carbocycles. The maximum Gasteiger partial charge on any atom is 0.573 e. The summed E-state index contributed by atoms with van der Waals surface area (Å²) in [7, 11) is 0. The number of carbonyl (C=O) groups is 2. The summed E-state index contributed by atoms with van der Waals surface area (Å²) in [5.41, 5.74) is -0.192. The van der Waals surface area contributed by atoms with Crippen LogP contribution in [0.2, 0.25) is 0 Å². The number of imide groups is 1. The van der Waals surface area contributed by atoms with Crippen LogP contribution in [0.1, 0.15) is 5.56 Å². The lowest BCUT2D eigenvalue weighted by molar-refractivity contribution is -0.384. The van der Waals surface area contributed by atoms with Crippen molar-refractivity contribution in [2.45, 2.75) is 6.36 Å². The summed E-state index contributed by atoms with van der Waals surface area (Å²) in [6, 6.07) is 9.72. The molecule has 2 aromatic rings. The molecule has 0 aromatic heterocycles. The van der Waals surface area contributed by atoms with Gasteiger partial charge in [0.05, 0.1) is 10.5 Å². The van der Waals surface area contributed by atoms with E-state index < -0.39 is 28.8 Å². The largest absolute Gasteiger partial charge is 0.573 e. The van der Waals surface area contributed by atoms with Crippen LogP contribution < -0.4 is 10.1 Å². The molecule has 11 heteroatoms. The first-order valence-electron chi connectivity index (χ1n) is 8.69. The van der Waals surface area contributed by atoms with Crippen molar-refractivity contribution in [1.82, 2.24) is 4.90 Å². The van der Waals surface area contributed by atoms with E-state index in [0.29, 0.717) is 0 Å². The van der Waals surface area contributed by atoms with E-state index in [-0.39, 0.29) is 34.8 Å². The van der Waals surface area contributed by atoms with Crippen molar-refractivity contribution in [2.75, 3.05) is 11.9 Å². The molecule has 0 radical (unpaired) electrons. The molecule has 0 atom stereocenters. The van der Waals surface area contributed by atoms with Crippen LogP contribution in [-0.4, -0.2) is 34.5 Å². The van der Waals surface area contributed by atoms with Crippen LogP contribution in [0.15, 0.2) is 66.9 Å². The van der Waals surface area contributed by atoms with Crippen LogP contribution >= 0.6 is 0 Å². The molecular formula is C20H14F3N3O5. The highest BCUT2D eigenvalue weighted by atomic mass is 19.4. The number of nitro benzene ring substituents is 1. The number of hydrogen-bond donors (Lipinski definition) is 1. The average molecular weight is 433 g/mol. The normalized spacial score (nSPS) is 14.1. The number of halogens is 3. The molecule has 0 saturated heterocycles. The van der Waals surface area contributed by atoms with E-state index in [0.717, 1.165) is 17.0 Å². The molecule has 31 heavy (non-hydrogen) atoms. The number of nitrogens with one attached hydrogen (secondary N) is 1. The van der Waals surface area contributed by atoms with Crippen molar-refractivity contribution in [3.8, 4) is 5.75 Å². The number of non-ortho nitro benzene ring substituents is 1. The maximum atomic E-state index is 12.8. The highest BCUT2D eigenvalue weighted by Gasteiger charge is 2.39. The van der Waals surface area contributed by atoms with E-state index in [9.17, 15) is 32.9 Å². The quantitative estimate of drug-likeness (QED) is 0.308. The van der Waals surface area contributed by atoms with Crippen LogP contribution in [0.4, 0.5) is 24.5 Å². The highest BCUT2D eigenvalue weighted by Crippen LogP contribution is 2.32. The van der Waals surface area contributed by atoms with Gasteiger partial charge in [-0.1, -0.05) is 12.1 Å². The zero-order valence-corrected chi connectivity index (χ0v) is 15.7. The van der Waals surface area contributed by atoms with Gasteiger partial charge in [0.1, 0.15) is 11.4 Å². The number of amides is 2. The SMILES string of the molecule is C=CCN1C(=O)C(Nc2cccc(OC(F)(F)F)c2)=C(c2ccc([N+](=O)[O-])cc2)C1=O. The number of nitro groups is 1. The van der Waals surface area contributed by atoms with Crippen molar-refractivity contribution < 1.29 is 32.4 Å².